The Morgan fingerprint density at radius 3 is 2.77 bits per heavy atom. The maximum Gasteiger partial charge on any atom is 0.0605 e. The van der Waals surface area contributed by atoms with Gasteiger partial charge in [0.25, 0.3) is 0 Å². The number of rotatable bonds is 6. The van der Waals surface area contributed by atoms with Gasteiger partial charge < -0.3 is 5.32 Å². The molecule has 3 aromatic rings. The minimum Gasteiger partial charge on any atom is -0.304 e. The first-order valence-corrected chi connectivity index (χ1v) is 8.32. The van der Waals surface area contributed by atoms with Gasteiger partial charge in [0.2, 0.25) is 0 Å². The molecule has 4 heteroatoms. The van der Waals surface area contributed by atoms with Gasteiger partial charge in [0.05, 0.1) is 11.7 Å². The average molecular weight is 309 g/mol. The van der Waals surface area contributed by atoms with Gasteiger partial charge in [0, 0.05) is 25.1 Å². The second kappa shape index (κ2) is 7.29. The highest BCUT2D eigenvalue weighted by atomic mass is 32.1. The number of pyridine rings is 2. The van der Waals surface area contributed by atoms with E-state index in [2.05, 4.69) is 51.2 Å². The van der Waals surface area contributed by atoms with Crippen LogP contribution in [0, 0.1) is 6.92 Å². The Morgan fingerprint density at radius 2 is 2.05 bits per heavy atom. The van der Waals surface area contributed by atoms with Crippen molar-refractivity contribution in [2.24, 2.45) is 0 Å². The lowest BCUT2D eigenvalue weighted by Crippen LogP contribution is -2.24. The summed E-state index contributed by atoms with van der Waals surface area (Å²) in [5, 5.41) is 7.96. The van der Waals surface area contributed by atoms with E-state index in [-0.39, 0.29) is 6.04 Å². The van der Waals surface area contributed by atoms with Crippen molar-refractivity contribution in [2.45, 2.75) is 25.9 Å². The lowest BCUT2D eigenvalue weighted by atomic mass is 10.0. The van der Waals surface area contributed by atoms with Gasteiger partial charge in [-0.2, -0.15) is 11.3 Å². The van der Waals surface area contributed by atoms with Gasteiger partial charge in [-0.1, -0.05) is 12.1 Å². The van der Waals surface area contributed by atoms with Crippen LogP contribution in [0.15, 0.2) is 59.7 Å². The van der Waals surface area contributed by atoms with Crippen molar-refractivity contribution in [3.05, 3.63) is 82.1 Å². The fraction of sp³-hybridized carbons (Fsp3) is 0.222. The SMILES string of the molecule is Cc1cccnc1C(Cc1ccsc1)NCc1cccnc1. The van der Waals surface area contributed by atoms with Crippen LogP contribution in [0.2, 0.25) is 0 Å². The van der Waals surface area contributed by atoms with Gasteiger partial charge >= 0.3 is 0 Å². The van der Waals surface area contributed by atoms with E-state index in [4.69, 9.17) is 0 Å². The molecule has 0 amide bonds. The van der Waals surface area contributed by atoms with E-state index in [1.807, 2.05) is 24.5 Å². The number of hydrogen-bond donors (Lipinski definition) is 1. The molecule has 3 aromatic heterocycles. The third-order valence-electron chi connectivity index (χ3n) is 3.68. The van der Waals surface area contributed by atoms with Crippen molar-refractivity contribution in [1.82, 2.24) is 15.3 Å². The summed E-state index contributed by atoms with van der Waals surface area (Å²) in [6.45, 7) is 2.91. The van der Waals surface area contributed by atoms with Crippen molar-refractivity contribution in [2.75, 3.05) is 0 Å². The van der Waals surface area contributed by atoms with Gasteiger partial charge in [0.15, 0.2) is 0 Å². The lowest BCUT2D eigenvalue weighted by molar-refractivity contribution is 0.516. The molecule has 0 aliphatic rings. The van der Waals surface area contributed by atoms with Crippen LogP contribution in [-0.2, 0) is 13.0 Å². The molecule has 1 atom stereocenters. The fourth-order valence-corrected chi connectivity index (χ4v) is 3.20. The maximum absolute atomic E-state index is 4.60. The van der Waals surface area contributed by atoms with Crippen LogP contribution in [0.1, 0.15) is 28.4 Å². The summed E-state index contributed by atoms with van der Waals surface area (Å²) in [5.41, 5.74) is 4.88. The van der Waals surface area contributed by atoms with Crippen LogP contribution >= 0.6 is 11.3 Å². The highest BCUT2D eigenvalue weighted by Crippen LogP contribution is 2.21. The molecule has 0 aliphatic carbocycles. The summed E-state index contributed by atoms with van der Waals surface area (Å²) in [6, 6.07) is 10.6. The number of thiophene rings is 1. The van der Waals surface area contributed by atoms with Gasteiger partial charge in [-0.25, -0.2) is 0 Å². The quantitative estimate of drug-likeness (QED) is 0.750. The fourth-order valence-electron chi connectivity index (χ4n) is 2.52. The van der Waals surface area contributed by atoms with Gasteiger partial charge in [0.1, 0.15) is 0 Å². The number of aromatic nitrogens is 2. The normalized spacial score (nSPS) is 12.2. The Kier molecular flexibility index (Phi) is 4.93. The summed E-state index contributed by atoms with van der Waals surface area (Å²) in [7, 11) is 0. The standard InChI is InChI=1S/C18H19N3S/c1-14-4-2-8-20-18(14)17(10-15-6-9-22-13-15)21-12-16-5-3-7-19-11-16/h2-9,11,13,17,21H,10,12H2,1H3. The van der Waals surface area contributed by atoms with E-state index in [0.29, 0.717) is 0 Å². The molecular formula is C18H19N3S. The molecule has 0 saturated heterocycles. The third kappa shape index (κ3) is 3.78. The van der Waals surface area contributed by atoms with Crippen LogP contribution in [0.4, 0.5) is 0 Å². The first-order chi connectivity index (χ1) is 10.8. The van der Waals surface area contributed by atoms with Crippen LogP contribution in [-0.4, -0.2) is 9.97 Å². The number of hydrogen-bond acceptors (Lipinski definition) is 4. The molecule has 3 rings (SSSR count). The first-order valence-electron chi connectivity index (χ1n) is 7.38. The molecule has 1 unspecified atom stereocenters. The van der Waals surface area contributed by atoms with E-state index in [9.17, 15) is 0 Å². The number of aryl methyl sites for hydroxylation is 1. The van der Waals surface area contributed by atoms with Crippen molar-refractivity contribution < 1.29 is 0 Å². The van der Waals surface area contributed by atoms with E-state index in [1.54, 1.807) is 17.5 Å². The minimum atomic E-state index is 0.205. The Hall–Kier alpha value is -2.04. The van der Waals surface area contributed by atoms with Crippen LogP contribution < -0.4 is 5.32 Å². The lowest BCUT2D eigenvalue weighted by Gasteiger charge is -2.19. The third-order valence-corrected chi connectivity index (χ3v) is 4.41. The monoisotopic (exact) mass is 309 g/mol. The second-order valence-corrected chi connectivity index (χ2v) is 6.12. The van der Waals surface area contributed by atoms with Crippen LogP contribution in [0.25, 0.3) is 0 Å². The van der Waals surface area contributed by atoms with Gasteiger partial charge in [-0.15, -0.1) is 0 Å². The topological polar surface area (TPSA) is 37.8 Å². The predicted octanol–water partition coefficient (Wildman–Crippen LogP) is 3.92. The smallest absolute Gasteiger partial charge is 0.0605 e. The Bertz CT molecular complexity index is 695. The molecule has 22 heavy (non-hydrogen) atoms. The Labute approximate surface area is 135 Å². The van der Waals surface area contributed by atoms with Gasteiger partial charge in [-0.3, -0.25) is 9.97 Å². The molecular weight excluding hydrogens is 290 g/mol. The highest BCUT2D eigenvalue weighted by molar-refractivity contribution is 7.07. The van der Waals surface area contributed by atoms with E-state index < -0.39 is 0 Å². The predicted molar refractivity (Wildman–Crippen MR) is 90.8 cm³/mol. The zero-order chi connectivity index (χ0) is 15.2. The first kappa shape index (κ1) is 14.9. The molecule has 3 heterocycles. The Balaban J connectivity index is 1.78. The van der Waals surface area contributed by atoms with Crippen molar-refractivity contribution in [3.8, 4) is 0 Å². The summed E-state index contributed by atoms with van der Waals surface area (Å²) >= 11 is 1.74. The van der Waals surface area contributed by atoms with Gasteiger partial charge in [-0.05, 0) is 59.0 Å². The largest absolute Gasteiger partial charge is 0.304 e. The molecule has 112 valence electrons. The molecule has 0 aromatic carbocycles. The zero-order valence-corrected chi connectivity index (χ0v) is 13.4. The van der Waals surface area contributed by atoms with Crippen LogP contribution in [0.3, 0.4) is 0 Å². The van der Waals surface area contributed by atoms with E-state index >= 15 is 0 Å². The van der Waals surface area contributed by atoms with Crippen molar-refractivity contribution in [1.29, 1.82) is 0 Å². The summed E-state index contributed by atoms with van der Waals surface area (Å²) < 4.78 is 0. The minimum absolute atomic E-state index is 0.205. The van der Waals surface area contributed by atoms with E-state index in [1.165, 1.54) is 16.7 Å². The number of nitrogens with zero attached hydrogens (tertiary/aromatic N) is 2. The molecule has 0 radical (unpaired) electrons. The molecule has 3 nitrogen and oxygen atoms in total. The maximum atomic E-state index is 4.60. The summed E-state index contributed by atoms with van der Waals surface area (Å²) in [4.78, 5) is 8.77. The summed E-state index contributed by atoms with van der Waals surface area (Å²) in [5.74, 6) is 0. The molecule has 1 N–H and O–H groups in total. The van der Waals surface area contributed by atoms with Crippen molar-refractivity contribution in [3.63, 3.8) is 0 Å². The molecule has 0 fully saturated rings. The van der Waals surface area contributed by atoms with E-state index in [0.717, 1.165) is 18.7 Å². The average Bonchev–Trinajstić information content (AvgIpc) is 3.06. The summed E-state index contributed by atoms with van der Waals surface area (Å²) in [6.07, 6.45) is 6.52. The Morgan fingerprint density at radius 1 is 1.14 bits per heavy atom. The second-order valence-electron chi connectivity index (χ2n) is 5.34. The van der Waals surface area contributed by atoms with Crippen molar-refractivity contribution >= 4 is 11.3 Å². The highest BCUT2D eigenvalue weighted by Gasteiger charge is 2.15. The molecule has 0 spiro atoms. The molecule has 0 saturated carbocycles. The van der Waals surface area contributed by atoms with Crippen LogP contribution in [0.5, 0.6) is 0 Å². The zero-order valence-electron chi connectivity index (χ0n) is 12.6. The molecule has 0 aliphatic heterocycles. The molecule has 0 bridgehead atoms. The number of nitrogens with one attached hydrogen (secondary N) is 1.